The molecule has 3 heteroatoms. The van der Waals surface area contributed by atoms with E-state index in [1.54, 1.807) is 6.20 Å². The molecule has 0 fully saturated rings. The summed E-state index contributed by atoms with van der Waals surface area (Å²) in [5, 5.41) is 11.7. The molecule has 0 saturated carbocycles. The Labute approximate surface area is 126 Å². The molecule has 0 aliphatic carbocycles. The van der Waals surface area contributed by atoms with Crippen LogP contribution in [0.1, 0.15) is 22.8 Å². The molecule has 0 saturated heterocycles. The van der Waals surface area contributed by atoms with Crippen LogP contribution in [0.5, 0.6) is 0 Å². The number of aliphatic hydroxyl groups is 1. The van der Waals surface area contributed by atoms with Gasteiger partial charge in [0.15, 0.2) is 0 Å². The first kappa shape index (κ1) is 13.3. The van der Waals surface area contributed by atoms with E-state index >= 15 is 0 Å². The predicted octanol–water partition coefficient (Wildman–Crippen LogP) is 4.39. The van der Waals surface area contributed by atoms with Crippen molar-refractivity contribution in [1.82, 2.24) is 4.98 Å². The Kier molecular flexibility index (Phi) is 3.55. The number of benzene rings is 2. The lowest BCUT2D eigenvalue weighted by Crippen LogP contribution is -2.02. The molecule has 2 nitrogen and oxygen atoms in total. The Bertz CT molecular complexity index is 770. The quantitative estimate of drug-likeness (QED) is 0.757. The van der Waals surface area contributed by atoms with Gasteiger partial charge in [0, 0.05) is 16.1 Å². The van der Waals surface area contributed by atoms with E-state index in [0.717, 1.165) is 32.1 Å². The van der Waals surface area contributed by atoms with Crippen molar-refractivity contribution in [3.8, 4) is 0 Å². The third-order valence-electron chi connectivity index (χ3n) is 3.55. The zero-order chi connectivity index (χ0) is 14.1. The average molecular weight is 328 g/mol. The molecule has 1 heterocycles. The molecule has 1 N–H and O–H groups in total. The standard InChI is InChI=1S/C17H14BrNO/c1-11-14(5-2-6-15(11)18)17(20)13-7-8-16-12(10-13)4-3-9-19-16/h2-10,17,20H,1H3. The van der Waals surface area contributed by atoms with Crippen molar-refractivity contribution in [2.75, 3.05) is 0 Å². The van der Waals surface area contributed by atoms with Crippen LogP contribution in [0, 0.1) is 6.92 Å². The van der Waals surface area contributed by atoms with Crippen molar-refractivity contribution in [3.05, 3.63) is 75.9 Å². The molecule has 0 spiro atoms. The third-order valence-corrected chi connectivity index (χ3v) is 4.41. The highest BCUT2D eigenvalue weighted by Crippen LogP contribution is 2.30. The van der Waals surface area contributed by atoms with Crippen LogP contribution in [0.15, 0.2) is 59.2 Å². The highest BCUT2D eigenvalue weighted by molar-refractivity contribution is 9.10. The minimum Gasteiger partial charge on any atom is -0.384 e. The monoisotopic (exact) mass is 327 g/mol. The van der Waals surface area contributed by atoms with Crippen molar-refractivity contribution >= 4 is 26.8 Å². The first-order valence-electron chi connectivity index (χ1n) is 6.44. The molecule has 0 amide bonds. The molecule has 1 unspecified atom stereocenters. The Hall–Kier alpha value is -1.71. The Morgan fingerprint density at radius 1 is 1.10 bits per heavy atom. The van der Waals surface area contributed by atoms with Crippen LogP contribution in [0.3, 0.4) is 0 Å². The lowest BCUT2D eigenvalue weighted by atomic mass is 9.96. The molecule has 100 valence electrons. The minimum atomic E-state index is -0.628. The van der Waals surface area contributed by atoms with E-state index < -0.39 is 6.10 Å². The molecule has 1 aromatic heterocycles. The lowest BCUT2D eigenvalue weighted by molar-refractivity contribution is 0.219. The maximum absolute atomic E-state index is 10.6. The molecule has 0 aliphatic rings. The topological polar surface area (TPSA) is 33.1 Å². The fraction of sp³-hybridized carbons (Fsp3) is 0.118. The summed E-state index contributed by atoms with van der Waals surface area (Å²) in [5.41, 5.74) is 3.80. The number of hydrogen-bond acceptors (Lipinski definition) is 2. The van der Waals surface area contributed by atoms with Gasteiger partial charge < -0.3 is 5.11 Å². The molecule has 3 aromatic rings. The van der Waals surface area contributed by atoms with E-state index in [0.29, 0.717) is 0 Å². The lowest BCUT2D eigenvalue weighted by Gasteiger charge is -2.15. The molecule has 1 atom stereocenters. The molecular weight excluding hydrogens is 314 g/mol. The summed E-state index contributed by atoms with van der Waals surface area (Å²) < 4.78 is 1.01. The smallest absolute Gasteiger partial charge is 0.104 e. The molecular formula is C17H14BrNO. The van der Waals surface area contributed by atoms with Crippen LogP contribution in [-0.4, -0.2) is 10.1 Å². The predicted molar refractivity (Wildman–Crippen MR) is 84.7 cm³/mol. The summed E-state index contributed by atoms with van der Waals surface area (Å²) >= 11 is 3.51. The maximum atomic E-state index is 10.6. The summed E-state index contributed by atoms with van der Waals surface area (Å²) in [5.74, 6) is 0. The van der Waals surface area contributed by atoms with Crippen LogP contribution in [0.25, 0.3) is 10.9 Å². The third kappa shape index (κ3) is 2.35. The van der Waals surface area contributed by atoms with E-state index in [4.69, 9.17) is 0 Å². The zero-order valence-corrected chi connectivity index (χ0v) is 12.6. The van der Waals surface area contributed by atoms with Gasteiger partial charge >= 0.3 is 0 Å². The number of pyridine rings is 1. The minimum absolute atomic E-state index is 0.628. The molecule has 0 radical (unpaired) electrons. The van der Waals surface area contributed by atoms with Gasteiger partial charge in [0.25, 0.3) is 0 Å². The molecule has 3 rings (SSSR count). The van der Waals surface area contributed by atoms with Gasteiger partial charge in [-0.1, -0.05) is 40.2 Å². The molecule has 2 aromatic carbocycles. The van der Waals surface area contributed by atoms with Crippen LogP contribution in [0.2, 0.25) is 0 Å². The molecule has 0 bridgehead atoms. The van der Waals surface area contributed by atoms with Crippen molar-refractivity contribution in [2.24, 2.45) is 0 Å². The SMILES string of the molecule is Cc1c(Br)cccc1C(O)c1ccc2ncccc2c1. The number of halogens is 1. The van der Waals surface area contributed by atoms with Gasteiger partial charge in [-0.2, -0.15) is 0 Å². The molecule has 0 aliphatic heterocycles. The van der Waals surface area contributed by atoms with Crippen LogP contribution < -0.4 is 0 Å². The first-order chi connectivity index (χ1) is 9.66. The number of rotatable bonds is 2. The van der Waals surface area contributed by atoms with E-state index in [1.165, 1.54) is 0 Å². The largest absolute Gasteiger partial charge is 0.384 e. The van der Waals surface area contributed by atoms with Crippen LogP contribution in [0.4, 0.5) is 0 Å². The Balaban J connectivity index is 2.08. The van der Waals surface area contributed by atoms with Crippen molar-refractivity contribution in [1.29, 1.82) is 0 Å². The number of hydrogen-bond donors (Lipinski definition) is 1. The van der Waals surface area contributed by atoms with Crippen molar-refractivity contribution in [2.45, 2.75) is 13.0 Å². The van der Waals surface area contributed by atoms with Gasteiger partial charge in [-0.15, -0.1) is 0 Å². The molecule has 20 heavy (non-hydrogen) atoms. The number of nitrogens with zero attached hydrogens (tertiary/aromatic N) is 1. The number of fused-ring (bicyclic) bond motifs is 1. The maximum Gasteiger partial charge on any atom is 0.104 e. The summed E-state index contributed by atoms with van der Waals surface area (Å²) in [7, 11) is 0. The second-order valence-electron chi connectivity index (χ2n) is 4.81. The van der Waals surface area contributed by atoms with Gasteiger partial charge in [-0.25, -0.2) is 0 Å². The summed E-state index contributed by atoms with van der Waals surface area (Å²) in [6, 6.07) is 15.7. The van der Waals surface area contributed by atoms with Gasteiger partial charge in [0.2, 0.25) is 0 Å². The van der Waals surface area contributed by atoms with E-state index in [2.05, 4.69) is 20.9 Å². The second kappa shape index (κ2) is 5.35. The normalized spacial score (nSPS) is 12.6. The second-order valence-corrected chi connectivity index (χ2v) is 5.67. The fourth-order valence-electron chi connectivity index (χ4n) is 2.36. The zero-order valence-electron chi connectivity index (χ0n) is 11.0. The van der Waals surface area contributed by atoms with Gasteiger partial charge in [0.1, 0.15) is 6.10 Å². The highest BCUT2D eigenvalue weighted by Gasteiger charge is 2.14. The Morgan fingerprint density at radius 3 is 2.80 bits per heavy atom. The van der Waals surface area contributed by atoms with E-state index in [9.17, 15) is 5.11 Å². The van der Waals surface area contributed by atoms with Gasteiger partial charge in [-0.05, 0) is 47.9 Å². The van der Waals surface area contributed by atoms with Crippen molar-refractivity contribution < 1.29 is 5.11 Å². The summed E-state index contributed by atoms with van der Waals surface area (Å²) in [4.78, 5) is 4.30. The number of aromatic nitrogens is 1. The van der Waals surface area contributed by atoms with Gasteiger partial charge in [0.05, 0.1) is 5.52 Å². The van der Waals surface area contributed by atoms with Crippen molar-refractivity contribution in [3.63, 3.8) is 0 Å². The highest BCUT2D eigenvalue weighted by atomic mass is 79.9. The van der Waals surface area contributed by atoms with Gasteiger partial charge in [-0.3, -0.25) is 4.98 Å². The summed E-state index contributed by atoms with van der Waals surface area (Å²) in [6.07, 6.45) is 1.15. The number of aliphatic hydroxyl groups excluding tert-OH is 1. The van der Waals surface area contributed by atoms with E-state index in [-0.39, 0.29) is 0 Å². The van der Waals surface area contributed by atoms with Crippen LogP contribution in [-0.2, 0) is 0 Å². The van der Waals surface area contributed by atoms with E-state index in [1.807, 2.05) is 55.5 Å². The Morgan fingerprint density at radius 2 is 1.95 bits per heavy atom. The first-order valence-corrected chi connectivity index (χ1v) is 7.24. The summed E-state index contributed by atoms with van der Waals surface area (Å²) in [6.45, 7) is 2.01. The average Bonchev–Trinajstić information content (AvgIpc) is 2.49. The fourth-order valence-corrected chi connectivity index (χ4v) is 2.75. The van der Waals surface area contributed by atoms with Crippen LogP contribution >= 0.6 is 15.9 Å².